The monoisotopic (exact) mass is 334 g/mol. The van der Waals surface area contributed by atoms with Gasteiger partial charge in [0, 0.05) is 23.9 Å². The third-order valence-corrected chi connectivity index (χ3v) is 3.26. The number of anilines is 2. The first-order chi connectivity index (χ1) is 10.9. The van der Waals surface area contributed by atoms with Crippen molar-refractivity contribution in [1.82, 2.24) is 0 Å². The number of phenolic OH excluding ortho intramolecular Hbond substituents is 1. The molecule has 0 saturated carbocycles. The summed E-state index contributed by atoms with van der Waals surface area (Å²) in [5, 5.41) is 15.0. The summed E-state index contributed by atoms with van der Waals surface area (Å²) in [7, 11) is 1.37. The van der Waals surface area contributed by atoms with Gasteiger partial charge < -0.3 is 20.5 Å². The number of halogens is 1. The topological polar surface area (TPSA) is 87.7 Å². The van der Waals surface area contributed by atoms with Gasteiger partial charge in [0.1, 0.15) is 0 Å². The number of amides is 2. The van der Waals surface area contributed by atoms with E-state index in [1.807, 2.05) is 0 Å². The van der Waals surface area contributed by atoms with E-state index in [0.29, 0.717) is 11.4 Å². The van der Waals surface area contributed by atoms with E-state index >= 15 is 0 Å². The van der Waals surface area contributed by atoms with Crippen LogP contribution in [0.25, 0.3) is 0 Å². The van der Waals surface area contributed by atoms with Crippen molar-refractivity contribution in [3.05, 3.63) is 47.0 Å². The highest BCUT2D eigenvalue weighted by Gasteiger charge is 2.14. The first-order valence-electron chi connectivity index (χ1n) is 6.66. The fraction of sp³-hybridized carbons (Fsp3) is 0.125. The molecule has 0 aliphatic rings. The average Bonchev–Trinajstić information content (AvgIpc) is 2.51. The number of phenols is 1. The number of benzene rings is 2. The largest absolute Gasteiger partial charge is 0.503 e. The number of carbonyl (C=O) groups is 2. The highest BCUT2D eigenvalue weighted by atomic mass is 35.5. The van der Waals surface area contributed by atoms with Gasteiger partial charge in [0.25, 0.3) is 5.91 Å². The van der Waals surface area contributed by atoms with Crippen LogP contribution in [-0.2, 0) is 4.79 Å². The maximum atomic E-state index is 12.2. The minimum absolute atomic E-state index is 0.0236. The smallest absolute Gasteiger partial charge is 0.255 e. The molecule has 0 atom stereocenters. The number of carbonyl (C=O) groups excluding carboxylic acids is 2. The molecule has 0 saturated heterocycles. The molecule has 23 heavy (non-hydrogen) atoms. The predicted molar refractivity (Wildman–Crippen MR) is 88.4 cm³/mol. The van der Waals surface area contributed by atoms with Crippen molar-refractivity contribution in [3.8, 4) is 11.5 Å². The van der Waals surface area contributed by atoms with E-state index < -0.39 is 5.91 Å². The Morgan fingerprint density at radius 1 is 1.09 bits per heavy atom. The van der Waals surface area contributed by atoms with Gasteiger partial charge >= 0.3 is 0 Å². The van der Waals surface area contributed by atoms with Crippen LogP contribution in [0.5, 0.6) is 11.5 Å². The van der Waals surface area contributed by atoms with Crippen molar-refractivity contribution in [3.63, 3.8) is 0 Å². The molecule has 120 valence electrons. The molecule has 0 fully saturated rings. The van der Waals surface area contributed by atoms with Gasteiger partial charge in [0.15, 0.2) is 11.5 Å². The molecule has 6 nitrogen and oxygen atoms in total. The van der Waals surface area contributed by atoms with E-state index in [2.05, 4.69) is 10.6 Å². The lowest BCUT2D eigenvalue weighted by atomic mass is 10.1. The van der Waals surface area contributed by atoms with Gasteiger partial charge in [-0.1, -0.05) is 11.6 Å². The van der Waals surface area contributed by atoms with Gasteiger partial charge in [-0.15, -0.1) is 0 Å². The van der Waals surface area contributed by atoms with E-state index in [1.165, 1.54) is 26.2 Å². The number of aromatic hydroxyl groups is 1. The molecule has 0 bridgehead atoms. The molecule has 0 aromatic heterocycles. The molecule has 0 aliphatic heterocycles. The fourth-order valence-corrected chi connectivity index (χ4v) is 2.11. The molecule has 0 spiro atoms. The van der Waals surface area contributed by atoms with E-state index in [1.54, 1.807) is 24.3 Å². The second-order valence-electron chi connectivity index (χ2n) is 4.72. The van der Waals surface area contributed by atoms with Gasteiger partial charge in [-0.3, -0.25) is 9.59 Å². The molecule has 0 radical (unpaired) electrons. The second kappa shape index (κ2) is 7.02. The first kappa shape index (κ1) is 16.6. The molecule has 2 rings (SSSR count). The third-order valence-electron chi connectivity index (χ3n) is 2.97. The lowest BCUT2D eigenvalue weighted by molar-refractivity contribution is -0.114. The number of hydrogen-bond acceptors (Lipinski definition) is 4. The molecular formula is C16H15ClN2O4. The van der Waals surface area contributed by atoms with Crippen LogP contribution in [-0.4, -0.2) is 24.0 Å². The summed E-state index contributed by atoms with van der Waals surface area (Å²) in [4.78, 5) is 23.2. The predicted octanol–water partition coefficient (Wildman–Crippen LogP) is 3.26. The summed E-state index contributed by atoms with van der Waals surface area (Å²) in [5.74, 6) is -0.681. The highest BCUT2D eigenvalue weighted by Crippen LogP contribution is 2.35. The van der Waals surface area contributed by atoms with E-state index in [9.17, 15) is 14.7 Å². The molecule has 3 N–H and O–H groups in total. The van der Waals surface area contributed by atoms with Gasteiger partial charge in [0.2, 0.25) is 5.91 Å². The minimum Gasteiger partial charge on any atom is -0.503 e. The van der Waals surface area contributed by atoms with E-state index in [-0.39, 0.29) is 28.0 Å². The zero-order valence-corrected chi connectivity index (χ0v) is 13.3. The summed E-state index contributed by atoms with van der Waals surface area (Å²) in [6.45, 7) is 1.41. The van der Waals surface area contributed by atoms with Crippen LogP contribution in [0.3, 0.4) is 0 Å². The van der Waals surface area contributed by atoms with Crippen LogP contribution in [0.2, 0.25) is 5.02 Å². The first-order valence-corrected chi connectivity index (χ1v) is 7.04. The highest BCUT2D eigenvalue weighted by molar-refractivity contribution is 6.32. The Morgan fingerprint density at radius 2 is 1.65 bits per heavy atom. The van der Waals surface area contributed by atoms with Crippen molar-refractivity contribution >= 4 is 34.8 Å². The Morgan fingerprint density at radius 3 is 2.17 bits per heavy atom. The van der Waals surface area contributed by atoms with Crippen LogP contribution >= 0.6 is 11.6 Å². The van der Waals surface area contributed by atoms with Crippen LogP contribution < -0.4 is 15.4 Å². The van der Waals surface area contributed by atoms with Crippen molar-refractivity contribution < 1.29 is 19.4 Å². The quantitative estimate of drug-likeness (QED) is 0.800. The summed E-state index contributed by atoms with van der Waals surface area (Å²) in [5.41, 5.74) is 1.42. The van der Waals surface area contributed by atoms with Crippen LogP contribution in [0.15, 0.2) is 36.4 Å². The number of hydrogen-bond donors (Lipinski definition) is 3. The molecule has 2 amide bonds. The van der Waals surface area contributed by atoms with Crippen molar-refractivity contribution in [1.29, 1.82) is 0 Å². The van der Waals surface area contributed by atoms with Gasteiger partial charge in [0.05, 0.1) is 12.1 Å². The second-order valence-corrected chi connectivity index (χ2v) is 5.13. The average molecular weight is 335 g/mol. The van der Waals surface area contributed by atoms with Gasteiger partial charge in [-0.25, -0.2) is 0 Å². The van der Waals surface area contributed by atoms with Crippen LogP contribution in [0, 0.1) is 0 Å². The minimum atomic E-state index is -0.405. The molecule has 0 heterocycles. The van der Waals surface area contributed by atoms with Gasteiger partial charge in [-0.05, 0) is 36.4 Å². The standard InChI is InChI=1S/C16H15ClN2O4/c1-9(20)18-11-3-5-12(6-4-11)19-16(22)10-7-13(17)15(21)14(8-10)23-2/h3-8,21H,1-2H3,(H,18,20)(H,19,22). The zero-order chi connectivity index (χ0) is 17.0. The maximum Gasteiger partial charge on any atom is 0.255 e. The molecule has 2 aromatic rings. The van der Waals surface area contributed by atoms with Crippen LogP contribution in [0.4, 0.5) is 11.4 Å². The summed E-state index contributed by atoms with van der Waals surface area (Å²) in [6, 6.07) is 9.39. The SMILES string of the molecule is COc1cc(C(=O)Nc2ccc(NC(C)=O)cc2)cc(Cl)c1O. The van der Waals surface area contributed by atoms with E-state index in [4.69, 9.17) is 16.3 Å². The van der Waals surface area contributed by atoms with Crippen LogP contribution in [0.1, 0.15) is 17.3 Å². The lowest BCUT2D eigenvalue weighted by Crippen LogP contribution is -2.12. The fourth-order valence-electron chi connectivity index (χ4n) is 1.90. The number of ether oxygens (including phenoxy) is 1. The third kappa shape index (κ3) is 4.14. The van der Waals surface area contributed by atoms with Crippen molar-refractivity contribution in [2.75, 3.05) is 17.7 Å². The normalized spacial score (nSPS) is 10.0. The Kier molecular flexibility index (Phi) is 5.08. The Bertz CT molecular complexity index is 744. The van der Waals surface area contributed by atoms with Crippen molar-refractivity contribution in [2.24, 2.45) is 0 Å². The Hall–Kier alpha value is -2.73. The van der Waals surface area contributed by atoms with Crippen molar-refractivity contribution in [2.45, 2.75) is 6.92 Å². The molecule has 0 aliphatic carbocycles. The Labute approximate surface area is 138 Å². The summed E-state index contributed by atoms with van der Waals surface area (Å²) >= 11 is 5.86. The molecular weight excluding hydrogens is 320 g/mol. The number of nitrogens with one attached hydrogen (secondary N) is 2. The molecule has 0 unspecified atom stereocenters. The zero-order valence-electron chi connectivity index (χ0n) is 12.5. The number of methoxy groups -OCH3 is 1. The summed E-state index contributed by atoms with van der Waals surface area (Å²) < 4.78 is 4.96. The Balaban J connectivity index is 2.16. The van der Waals surface area contributed by atoms with Gasteiger partial charge in [-0.2, -0.15) is 0 Å². The maximum absolute atomic E-state index is 12.2. The summed E-state index contributed by atoms with van der Waals surface area (Å²) in [6.07, 6.45) is 0. The molecule has 2 aromatic carbocycles. The number of rotatable bonds is 4. The van der Waals surface area contributed by atoms with E-state index in [0.717, 1.165) is 0 Å². The molecule has 7 heteroatoms. The lowest BCUT2D eigenvalue weighted by Gasteiger charge is -2.10.